The molecule has 0 unspecified atom stereocenters. The number of unbranched alkanes of at least 4 members (excludes halogenated alkanes) is 5. The van der Waals surface area contributed by atoms with Crippen LogP contribution in [0.2, 0.25) is 0 Å². The van der Waals surface area contributed by atoms with Gasteiger partial charge >= 0.3 is 5.97 Å². The van der Waals surface area contributed by atoms with Gasteiger partial charge in [-0.15, -0.1) is 0 Å². The number of nitrogens with zero attached hydrogens (tertiary/aromatic N) is 1. The van der Waals surface area contributed by atoms with Crippen molar-refractivity contribution in [1.29, 1.82) is 0 Å². The molecular weight excluding hydrogens is 194 g/mol. The molecule has 15 heavy (non-hydrogen) atoms. The van der Waals surface area contributed by atoms with Crippen LogP contribution in [-0.4, -0.2) is 23.4 Å². The highest BCUT2D eigenvalue weighted by Gasteiger charge is 2.00. The molecule has 0 saturated carbocycles. The minimum atomic E-state index is -1.03. The molecule has 0 atom stereocenters. The molecular formula is C11H21NO3. The van der Waals surface area contributed by atoms with E-state index in [-0.39, 0.29) is 5.71 Å². The Balaban J connectivity index is 3.25. The average Bonchev–Trinajstić information content (AvgIpc) is 2.21. The molecule has 0 aromatic heterocycles. The molecule has 0 aliphatic carbocycles. The van der Waals surface area contributed by atoms with Gasteiger partial charge in [-0.1, -0.05) is 37.8 Å². The summed E-state index contributed by atoms with van der Waals surface area (Å²) in [4.78, 5) is 15.2. The second-order valence-corrected chi connectivity index (χ2v) is 3.58. The van der Waals surface area contributed by atoms with E-state index in [1.807, 2.05) is 0 Å². The van der Waals surface area contributed by atoms with E-state index in [2.05, 4.69) is 12.1 Å². The summed E-state index contributed by atoms with van der Waals surface area (Å²) in [5, 5.41) is 11.9. The fraction of sp³-hybridized carbons (Fsp3) is 0.818. The molecule has 0 aromatic carbocycles. The molecule has 0 fully saturated rings. The van der Waals surface area contributed by atoms with Gasteiger partial charge in [0, 0.05) is 0 Å². The number of carboxylic acids is 1. The molecule has 1 N–H and O–H groups in total. The van der Waals surface area contributed by atoms with Gasteiger partial charge < -0.3 is 9.94 Å². The number of oxime groups is 1. The van der Waals surface area contributed by atoms with Gasteiger partial charge in [0.25, 0.3) is 0 Å². The fourth-order valence-corrected chi connectivity index (χ4v) is 1.13. The fourth-order valence-electron chi connectivity index (χ4n) is 1.13. The Morgan fingerprint density at radius 2 is 1.80 bits per heavy atom. The van der Waals surface area contributed by atoms with Crippen LogP contribution in [0.15, 0.2) is 5.16 Å². The molecule has 0 aliphatic heterocycles. The first kappa shape index (κ1) is 13.9. The summed E-state index contributed by atoms with van der Waals surface area (Å²) in [5.41, 5.74) is 0.000910. The van der Waals surface area contributed by atoms with Crippen molar-refractivity contribution in [3.05, 3.63) is 0 Å². The van der Waals surface area contributed by atoms with Crippen LogP contribution in [0.3, 0.4) is 0 Å². The number of carbonyl (C=O) groups is 1. The van der Waals surface area contributed by atoms with Gasteiger partial charge in [-0.25, -0.2) is 4.79 Å². The minimum absolute atomic E-state index is 0.000910. The largest absolute Gasteiger partial charge is 0.477 e. The van der Waals surface area contributed by atoms with Crippen molar-refractivity contribution in [3.63, 3.8) is 0 Å². The number of hydrogen-bond donors (Lipinski definition) is 1. The molecule has 4 heteroatoms. The number of carboxylic acid groups (broad SMARTS) is 1. The van der Waals surface area contributed by atoms with Crippen LogP contribution in [-0.2, 0) is 9.63 Å². The van der Waals surface area contributed by atoms with E-state index in [1.165, 1.54) is 32.6 Å². The molecule has 0 rings (SSSR count). The van der Waals surface area contributed by atoms with Crippen LogP contribution in [0.1, 0.15) is 52.4 Å². The van der Waals surface area contributed by atoms with Crippen LogP contribution >= 0.6 is 0 Å². The van der Waals surface area contributed by atoms with Gasteiger partial charge in [0.05, 0.1) is 0 Å². The van der Waals surface area contributed by atoms with Crippen molar-refractivity contribution >= 4 is 11.7 Å². The first-order chi connectivity index (χ1) is 7.18. The molecule has 0 bridgehead atoms. The van der Waals surface area contributed by atoms with Gasteiger partial charge in [0.1, 0.15) is 6.61 Å². The zero-order valence-electron chi connectivity index (χ0n) is 9.66. The van der Waals surface area contributed by atoms with E-state index in [0.717, 1.165) is 12.8 Å². The van der Waals surface area contributed by atoms with Gasteiger partial charge in [-0.2, -0.15) is 0 Å². The minimum Gasteiger partial charge on any atom is -0.477 e. The van der Waals surface area contributed by atoms with Crippen molar-refractivity contribution < 1.29 is 14.7 Å². The third kappa shape index (κ3) is 9.25. The zero-order chi connectivity index (χ0) is 11.5. The Morgan fingerprint density at radius 1 is 1.20 bits per heavy atom. The van der Waals surface area contributed by atoms with Gasteiger partial charge in [0.2, 0.25) is 0 Å². The van der Waals surface area contributed by atoms with Crippen molar-refractivity contribution in [2.45, 2.75) is 52.4 Å². The maximum absolute atomic E-state index is 10.3. The maximum Gasteiger partial charge on any atom is 0.353 e. The van der Waals surface area contributed by atoms with E-state index in [9.17, 15) is 4.79 Å². The highest BCUT2D eigenvalue weighted by Crippen LogP contribution is 2.04. The summed E-state index contributed by atoms with van der Waals surface area (Å²) >= 11 is 0. The molecule has 0 aliphatic rings. The lowest BCUT2D eigenvalue weighted by Crippen LogP contribution is -2.08. The van der Waals surface area contributed by atoms with Crippen molar-refractivity contribution in [1.82, 2.24) is 0 Å². The number of hydrogen-bond acceptors (Lipinski definition) is 3. The summed E-state index contributed by atoms with van der Waals surface area (Å²) < 4.78 is 0. The molecule has 0 spiro atoms. The normalized spacial score (nSPS) is 11.5. The molecule has 0 aromatic rings. The lowest BCUT2D eigenvalue weighted by molar-refractivity contribution is -0.129. The molecule has 4 nitrogen and oxygen atoms in total. The first-order valence-corrected chi connectivity index (χ1v) is 5.58. The van der Waals surface area contributed by atoms with Gasteiger partial charge in [0.15, 0.2) is 5.71 Å². The van der Waals surface area contributed by atoms with Crippen LogP contribution < -0.4 is 0 Å². The van der Waals surface area contributed by atoms with Crippen LogP contribution in [0, 0.1) is 0 Å². The summed E-state index contributed by atoms with van der Waals surface area (Å²) in [6, 6.07) is 0. The monoisotopic (exact) mass is 215 g/mol. The summed E-state index contributed by atoms with van der Waals surface area (Å²) in [6.07, 6.45) is 7.10. The van der Waals surface area contributed by atoms with Crippen LogP contribution in [0.25, 0.3) is 0 Å². The smallest absolute Gasteiger partial charge is 0.353 e. The van der Waals surface area contributed by atoms with Crippen molar-refractivity contribution in [3.8, 4) is 0 Å². The average molecular weight is 215 g/mol. The molecule has 0 radical (unpaired) electrons. The van der Waals surface area contributed by atoms with Crippen LogP contribution in [0.4, 0.5) is 0 Å². The van der Waals surface area contributed by atoms with E-state index in [4.69, 9.17) is 9.94 Å². The molecule has 0 amide bonds. The van der Waals surface area contributed by atoms with E-state index in [1.54, 1.807) is 0 Å². The first-order valence-electron chi connectivity index (χ1n) is 5.58. The molecule has 0 heterocycles. The highest BCUT2D eigenvalue weighted by atomic mass is 16.6. The Kier molecular flexibility index (Phi) is 8.82. The topological polar surface area (TPSA) is 58.9 Å². The molecule has 0 saturated heterocycles. The number of rotatable bonds is 9. The third-order valence-electron chi connectivity index (χ3n) is 2.10. The Bertz CT molecular complexity index is 202. The van der Waals surface area contributed by atoms with Crippen molar-refractivity contribution in [2.24, 2.45) is 5.16 Å². The second-order valence-electron chi connectivity index (χ2n) is 3.58. The zero-order valence-corrected chi connectivity index (χ0v) is 9.66. The summed E-state index contributed by atoms with van der Waals surface area (Å²) in [6.45, 7) is 4.12. The molecule has 88 valence electrons. The van der Waals surface area contributed by atoms with Crippen molar-refractivity contribution in [2.75, 3.05) is 6.61 Å². The van der Waals surface area contributed by atoms with E-state index < -0.39 is 5.97 Å². The van der Waals surface area contributed by atoms with Crippen LogP contribution in [0.5, 0.6) is 0 Å². The summed E-state index contributed by atoms with van der Waals surface area (Å²) in [7, 11) is 0. The van der Waals surface area contributed by atoms with E-state index >= 15 is 0 Å². The lowest BCUT2D eigenvalue weighted by Gasteiger charge is -2.00. The quantitative estimate of drug-likeness (QED) is 0.365. The van der Waals surface area contributed by atoms with E-state index in [0.29, 0.717) is 6.61 Å². The highest BCUT2D eigenvalue weighted by molar-refractivity contribution is 6.34. The second kappa shape index (κ2) is 9.49. The standard InChI is InChI=1S/C11H21NO3/c1-3-4-5-6-7-8-9-15-12-10(2)11(13)14/h3-9H2,1-2H3,(H,13,14). The van der Waals surface area contributed by atoms with Gasteiger partial charge in [-0.05, 0) is 19.8 Å². The third-order valence-corrected chi connectivity index (χ3v) is 2.10. The SMILES string of the molecule is CCCCCCCCON=C(C)C(=O)O. The maximum atomic E-state index is 10.3. The predicted octanol–water partition coefficient (Wildman–Crippen LogP) is 2.82. The Hall–Kier alpha value is -1.06. The Labute approximate surface area is 91.3 Å². The van der Waals surface area contributed by atoms with Gasteiger partial charge in [-0.3, -0.25) is 0 Å². The predicted molar refractivity (Wildman–Crippen MR) is 60.1 cm³/mol. The number of aliphatic carboxylic acids is 1. The Morgan fingerprint density at radius 3 is 2.40 bits per heavy atom. The lowest BCUT2D eigenvalue weighted by atomic mass is 10.1. The summed E-state index contributed by atoms with van der Waals surface area (Å²) in [5.74, 6) is -1.03.